The van der Waals surface area contributed by atoms with Crippen molar-refractivity contribution >= 4 is 26.0 Å². The molecule has 0 aromatic rings. The summed E-state index contributed by atoms with van der Waals surface area (Å²) in [6, 6.07) is 0. The van der Waals surface area contributed by atoms with Crippen molar-refractivity contribution in [3.05, 3.63) is 0 Å². The Morgan fingerprint density at radius 1 is 1.31 bits per heavy atom. The summed E-state index contributed by atoms with van der Waals surface area (Å²) in [5, 5.41) is 0. The van der Waals surface area contributed by atoms with E-state index in [0.717, 1.165) is 12.8 Å². The van der Waals surface area contributed by atoms with Crippen molar-refractivity contribution in [3.63, 3.8) is 0 Å². The zero-order valence-electron chi connectivity index (χ0n) is 10.2. The van der Waals surface area contributed by atoms with Gasteiger partial charge in [-0.15, -0.1) is 0 Å². The molecule has 98 valence electrons. The Labute approximate surface area is 107 Å². The Balaban J connectivity index is 3.63. The van der Waals surface area contributed by atoms with Gasteiger partial charge in [-0.3, -0.25) is 0 Å². The summed E-state index contributed by atoms with van der Waals surface area (Å²) >= 11 is 3.42. The van der Waals surface area contributed by atoms with E-state index in [0.29, 0.717) is 11.4 Å². The first kappa shape index (κ1) is 16.4. The molecule has 6 heteroatoms. The van der Waals surface area contributed by atoms with Crippen molar-refractivity contribution in [1.29, 1.82) is 0 Å². The first-order chi connectivity index (χ1) is 7.33. The molecule has 0 amide bonds. The predicted molar refractivity (Wildman–Crippen MR) is 70.5 cm³/mol. The zero-order chi connectivity index (χ0) is 12.6. The average molecular weight is 316 g/mol. The van der Waals surface area contributed by atoms with Crippen LogP contribution in [-0.2, 0) is 14.8 Å². The maximum atomic E-state index is 11.5. The highest BCUT2D eigenvalue weighted by Gasteiger charge is 2.09. The quantitative estimate of drug-likeness (QED) is 0.522. The molecule has 0 fully saturated rings. The fourth-order valence-corrected chi connectivity index (χ4v) is 2.32. The molecule has 0 radical (unpaired) electrons. The van der Waals surface area contributed by atoms with Gasteiger partial charge in [0.1, 0.15) is 0 Å². The van der Waals surface area contributed by atoms with Gasteiger partial charge in [0.15, 0.2) is 0 Å². The minimum absolute atomic E-state index is 0.0368. The number of hydrogen-bond acceptors (Lipinski definition) is 3. The normalized spacial score (nSPS) is 14.3. The molecule has 1 N–H and O–H groups in total. The molecule has 0 aliphatic carbocycles. The summed E-state index contributed by atoms with van der Waals surface area (Å²) in [5.74, 6) is 0.0368. The van der Waals surface area contributed by atoms with Gasteiger partial charge < -0.3 is 4.74 Å². The van der Waals surface area contributed by atoms with E-state index < -0.39 is 10.0 Å². The molecule has 1 unspecified atom stereocenters. The molecule has 0 bridgehead atoms. The van der Waals surface area contributed by atoms with Crippen LogP contribution in [0, 0.1) is 0 Å². The number of rotatable bonds is 9. The molecular formula is C10H22BrNO3S. The van der Waals surface area contributed by atoms with Crippen LogP contribution in [0.25, 0.3) is 0 Å². The third kappa shape index (κ3) is 10.9. The second-order valence-electron chi connectivity index (χ2n) is 4.06. The molecule has 16 heavy (non-hydrogen) atoms. The van der Waals surface area contributed by atoms with E-state index in [1.54, 1.807) is 0 Å². The Morgan fingerprint density at radius 3 is 2.44 bits per heavy atom. The number of hydrogen-bond donors (Lipinski definition) is 1. The monoisotopic (exact) mass is 315 g/mol. The summed E-state index contributed by atoms with van der Waals surface area (Å²) in [4.78, 5) is 0.432. The van der Waals surface area contributed by atoms with Crippen LogP contribution in [0.4, 0.5) is 0 Å². The maximum absolute atomic E-state index is 11.5. The van der Waals surface area contributed by atoms with Crippen LogP contribution in [0.1, 0.15) is 33.6 Å². The Morgan fingerprint density at radius 2 is 1.94 bits per heavy atom. The molecule has 4 nitrogen and oxygen atoms in total. The molecule has 0 aliphatic heterocycles. The number of nitrogens with one attached hydrogen (secondary N) is 1. The third-order valence-corrected chi connectivity index (χ3v) is 3.71. The molecule has 0 spiro atoms. The fourth-order valence-electron chi connectivity index (χ4n) is 1.08. The van der Waals surface area contributed by atoms with Gasteiger partial charge in [-0.2, -0.15) is 0 Å². The van der Waals surface area contributed by atoms with E-state index in [9.17, 15) is 8.42 Å². The van der Waals surface area contributed by atoms with Crippen LogP contribution in [0.5, 0.6) is 0 Å². The predicted octanol–water partition coefficient (Wildman–Crippen LogP) is 1.89. The van der Waals surface area contributed by atoms with Crippen molar-refractivity contribution in [3.8, 4) is 0 Å². The smallest absolute Gasteiger partial charge is 0.213 e. The highest BCUT2D eigenvalue weighted by atomic mass is 79.9. The Kier molecular flexibility index (Phi) is 8.63. The Hall–Kier alpha value is 0.350. The van der Waals surface area contributed by atoms with Crippen LogP contribution >= 0.6 is 15.9 Å². The van der Waals surface area contributed by atoms with E-state index in [4.69, 9.17) is 4.74 Å². The van der Waals surface area contributed by atoms with E-state index >= 15 is 0 Å². The van der Waals surface area contributed by atoms with Crippen molar-refractivity contribution in [2.45, 2.75) is 44.5 Å². The summed E-state index contributed by atoms with van der Waals surface area (Å²) in [5.41, 5.74) is 0. The largest absolute Gasteiger partial charge is 0.378 e. The number of alkyl halides is 1. The molecule has 1 atom stereocenters. The second-order valence-corrected chi connectivity index (χ2v) is 7.55. The summed E-state index contributed by atoms with van der Waals surface area (Å²) in [6.07, 6.45) is 1.88. The van der Waals surface area contributed by atoms with E-state index in [2.05, 4.69) is 20.7 Å². The molecular weight excluding hydrogens is 294 g/mol. The second kappa shape index (κ2) is 8.44. The van der Waals surface area contributed by atoms with Gasteiger partial charge in [0, 0.05) is 11.4 Å². The van der Waals surface area contributed by atoms with E-state index in [-0.39, 0.29) is 18.5 Å². The highest BCUT2D eigenvalue weighted by molar-refractivity contribution is 9.09. The molecule has 0 heterocycles. The van der Waals surface area contributed by atoms with Gasteiger partial charge in [-0.1, -0.05) is 22.9 Å². The molecule has 0 rings (SSSR count). The minimum Gasteiger partial charge on any atom is -0.378 e. The Bertz CT molecular complexity index is 265. The van der Waals surface area contributed by atoms with E-state index in [1.807, 2.05) is 20.8 Å². The van der Waals surface area contributed by atoms with Gasteiger partial charge in [0.05, 0.1) is 18.5 Å². The third-order valence-electron chi connectivity index (χ3n) is 1.90. The molecule has 0 aliphatic rings. The van der Waals surface area contributed by atoms with Crippen LogP contribution in [-0.4, -0.2) is 38.3 Å². The lowest BCUT2D eigenvalue weighted by molar-refractivity contribution is 0.0911. The SMILES string of the molecule is CC(Br)CCCNS(=O)(=O)CCOC(C)C. The van der Waals surface area contributed by atoms with Crippen molar-refractivity contribution in [1.82, 2.24) is 4.72 Å². The van der Waals surface area contributed by atoms with Gasteiger partial charge in [0.25, 0.3) is 0 Å². The number of ether oxygens (including phenoxy) is 1. The lowest BCUT2D eigenvalue weighted by Gasteiger charge is -2.09. The minimum atomic E-state index is -3.17. The van der Waals surface area contributed by atoms with Crippen molar-refractivity contribution in [2.75, 3.05) is 18.9 Å². The summed E-state index contributed by atoms with van der Waals surface area (Å²) in [7, 11) is -3.17. The lowest BCUT2D eigenvalue weighted by Crippen LogP contribution is -2.30. The molecule has 0 saturated carbocycles. The standard InChI is InChI=1S/C10H22BrNO3S/c1-9(2)15-7-8-16(13,14)12-6-4-5-10(3)11/h9-10,12H,4-8H2,1-3H3. The van der Waals surface area contributed by atoms with Crippen LogP contribution in [0.2, 0.25) is 0 Å². The van der Waals surface area contributed by atoms with Crippen LogP contribution in [0.3, 0.4) is 0 Å². The van der Waals surface area contributed by atoms with Gasteiger partial charge in [-0.05, 0) is 26.7 Å². The summed E-state index contributed by atoms with van der Waals surface area (Å²) in [6.45, 7) is 6.57. The van der Waals surface area contributed by atoms with Crippen molar-refractivity contribution in [2.24, 2.45) is 0 Å². The average Bonchev–Trinajstić information content (AvgIpc) is 2.11. The molecule has 0 aromatic carbocycles. The summed E-state index contributed by atoms with van der Waals surface area (Å²) < 4.78 is 30.7. The highest BCUT2D eigenvalue weighted by Crippen LogP contribution is 2.05. The maximum Gasteiger partial charge on any atom is 0.213 e. The first-order valence-electron chi connectivity index (χ1n) is 5.56. The molecule has 0 saturated heterocycles. The number of sulfonamides is 1. The van der Waals surface area contributed by atoms with Crippen molar-refractivity contribution < 1.29 is 13.2 Å². The lowest BCUT2D eigenvalue weighted by atomic mass is 10.2. The molecule has 0 aromatic heterocycles. The zero-order valence-corrected chi connectivity index (χ0v) is 12.6. The van der Waals surface area contributed by atoms with Gasteiger partial charge in [0.2, 0.25) is 10.0 Å². The number of halogens is 1. The van der Waals surface area contributed by atoms with Crippen LogP contribution in [0.15, 0.2) is 0 Å². The van der Waals surface area contributed by atoms with E-state index in [1.165, 1.54) is 0 Å². The van der Waals surface area contributed by atoms with Gasteiger partial charge >= 0.3 is 0 Å². The van der Waals surface area contributed by atoms with Crippen LogP contribution < -0.4 is 4.72 Å². The first-order valence-corrected chi connectivity index (χ1v) is 8.13. The van der Waals surface area contributed by atoms with Gasteiger partial charge in [-0.25, -0.2) is 13.1 Å². The fraction of sp³-hybridized carbons (Fsp3) is 1.00. The topological polar surface area (TPSA) is 55.4 Å².